The number of alkyl halides is 3. The molecule has 9 heteroatoms. The van der Waals surface area contributed by atoms with Gasteiger partial charge >= 0.3 is 12.1 Å². The van der Waals surface area contributed by atoms with Gasteiger partial charge in [-0.3, -0.25) is 0 Å². The Balaban J connectivity index is 2.26. The molecule has 3 rings (SSSR count). The zero-order valence-electron chi connectivity index (χ0n) is 15.6. The van der Waals surface area contributed by atoms with Crippen LogP contribution in [0.5, 0.6) is 0 Å². The fourth-order valence-electron chi connectivity index (χ4n) is 3.48. The van der Waals surface area contributed by atoms with E-state index >= 15 is 0 Å². The summed E-state index contributed by atoms with van der Waals surface area (Å²) in [5.41, 5.74) is -1.08. The molecule has 1 aliphatic rings. The average molecular weight is 402 g/mol. The van der Waals surface area contributed by atoms with Crippen molar-refractivity contribution < 1.29 is 23.1 Å². The highest BCUT2D eigenvalue weighted by molar-refractivity contribution is 5.91. The minimum absolute atomic E-state index is 0.0637. The number of benzene rings is 1. The molecular weight excluding hydrogens is 385 g/mol. The van der Waals surface area contributed by atoms with E-state index < -0.39 is 23.6 Å². The van der Waals surface area contributed by atoms with Gasteiger partial charge in [0.2, 0.25) is 0 Å². The van der Waals surface area contributed by atoms with Gasteiger partial charge in [-0.1, -0.05) is 18.2 Å². The maximum absolute atomic E-state index is 13.6. The number of allylic oxidation sites excluding steroid dienone is 3. The van der Waals surface area contributed by atoms with Gasteiger partial charge in [-0.2, -0.15) is 18.4 Å². The van der Waals surface area contributed by atoms with E-state index in [9.17, 15) is 28.3 Å². The summed E-state index contributed by atoms with van der Waals surface area (Å²) in [6.07, 6.45) is -1.51. The Hall–Kier alpha value is -3.54. The number of dihydropyridines is 1. The Morgan fingerprint density at radius 3 is 2.59 bits per heavy atom. The SMILES string of the molecule is CC1=C(C#N)C(c2ccccc2C(F)(F)F)C(C(=O)O)=C(Cn2ccnc2C)N1. The highest BCUT2D eigenvalue weighted by atomic mass is 19.4. The van der Waals surface area contributed by atoms with E-state index in [1.807, 2.05) is 6.07 Å². The number of aromatic nitrogens is 2. The van der Waals surface area contributed by atoms with Crippen LogP contribution < -0.4 is 5.32 Å². The van der Waals surface area contributed by atoms with Gasteiger partial charge in [-0.05, 0) is 25.5 Å². The second-order valence-corrected chi connectivity index (χ2v) is 6.59. The number of nitrogens with one attached hydrogen (secondary N) is 1. The van der Waals surface area contributed by atoms with Gasteiger partial charge in [-0.15, -0.1) is 0 Å². The summed E-state index contributed by atoms with van der Waals surface area (Å²) < 4.78 is 42.5. The van der Waals surface area contributed by atoms with Crippen LogP contribution in [0.1, 0.15) is 29.8 Å². The summed E-state index contributed by atoms with van der Waals surface area (Å²) in [6.45, 7) is 3.33. The van der Waals surface area contributed by atoms with E-state index in [1.54, 1.807) is 30.8 Å². The average Bonchev–Trinajstić information content (AvgIpc) is 3.05. The van der Waals surface area contributed by atoms with Gasteiger partial charge in [0, 0.05) is 23.8 Å². The van der Waals surface area contributed by atoms with Crippen molar-refractivity contribution in [3.8, 4) is 6.07 Å². The molecule has 1 atom stereocenters. The van der Waals surface area contributed by atoms with Crippen LogP contribution in [-0.2, 0) is 17.5 Å². The van der Waals surface area contributed by atoms with Crippen molar-refractivity contribution in [1.29, 1.82) is 5.26 Å². The number of halogens is 3. The number of aryl methyl sites for hydroxylation is 1. The minimum atomic E-state index is -4.69. The largest absolute Gasteiger partial charge is 0.478 e. The number of imidazole rings is 1. The molecule has 1 aliphatic heterocycles. The van der Waals surface area contributed by atoms with Crippen molar-refractivity contribution in [3.63, 3.8) is 0 Å². The van der Waals surface area contributed by atoms with Crippen molar-refractivity contribution in [3.05, 3.63) is 76.2 Å². The number of rotatable bonds is 4. The van der Waals surface area contributed by atoms with E-state index in [2.05, 4.69) is 10.3 Å². The van der Waals surface area contributed by atoms with Crippen molar-refractivity contribution in [1.82, 2.24) is 14.9 Å². The molecule has 0 aliphatic carbocycles. The van der Waals surface area contributed by atoms with Crippen LogP contribution in [0, 0.1) is 18.3 Å². The van der Waals surface area contributed by atoms with Gasteiger partial charge in [-0.25, -0.2) is 9.78 Å². The maximum atomic E-state index is 13.6. The van der Waals surface area contributed by atoms with Crippen LogP contribution >= 0.6 is 0 Å². The predicted octanol–water partition coefficient (Wildman–Crippen LogP) is 3.73. The van der Waals surface area contributed by atoms with Crippen LogP contribution in [0.4, 0.5) is 13.2 Å². The third-order valence-corrected chi connectivity index (χ3v) is 4.83. The van der Waals surface area contributed by atoms with Gasteiger partial charge in [0.1, 0.15) is 5.82 Å². The quantitative estimate of drug-likeness (QED) is 0.813. The van der Waals surface area contributed by atoms with Crippen molar-refractivity contribution in [2.75, 3.05) is 0 Å². The van der Waals surface area contributed by atoms with E-state index in [0.29, 0.717) is 11.5 Å². The summed E-state index contributed by atoms with van der Waals surface area (Å²) in [5.74, 6) is -2.13. The van der Waals surface area contributed by atoms with Crippen LogP contribution in [0.15, 0.2) is 59.2 Å². The Bertz CT molecular complexity index is 1070. The summed E-state index contributed by atoms with van der Waals surface area (Å²) >= 11 is 0. The lowest BCUT2D eigenvalue weighted by Gasteiger charge is -2.30. The summed E-state index contributed by atoms with van der Waals surface area (Å²) in [4.78, 5) is 16.2. The summed E-state index contributed by atoms with van der Waals surface area (Å²) in [5, 5.41) is 22.4. The zero-order chi connectivity index (χ0) is 21.3. The molecule has 0 saturated carbocycles. The van der Waals surface area contributed by atoms with Gasteiger partial charge < -0.3 is 15.0 Å². The lowest BCUT2D eigenvalue weighted by molar-refractivity contribution is -0.139. The Morgan fingerprint density at radius 2 is 2.03 bits per heavy atom. The van der Waals surface area contributed by atoms with E-state index in [0.717, 1.165) is 6.07 Å². The molecule has 6 nitrogen and oxygen atoms in total. The molecule has 0 amide bonds. The highest BCUT2D eigenvalue weighted by Gasteiger charge is 2.41. The summed E-state index contributed by atoms with van der Waals surface area (Å²) in [6, 6.07) is 6.63. The number of hydrogen-bond donors (Lipinski definition) is 2. The number of nitrogens with zero attached hydrogens (tertiary/aromatic N) is 3. The Labute approximate surface area is 164 Å². The van der Waals surface area contributed by atoms with Crippen LogP contribution in [0.25, 0.3) is 0 Å². The lowest BCUT2D eigenvalue weighted by atomic mass is 9.79. The van der Waals surface area contributed by atoms with Crippen LogP contribution in [-0.4, -0.2) is 20.6 Å². The zero-order valence-corrected chi connectivity index (χ0v) is 15.6. The molecule has 0 spiro atoms. The van der Waals surface area contributed by atoms with Gasteiger partial charge in [0.25, 0.3) is 0 Å². The van der Waals surface area contributed by atoms with Gasteiger partial charge in [0.05, 0.1) is 35.2 Å². The van der Waals surface area contributed by atoms with Crippen LogP contribution in [0.3, 0.4) is 0 Å². The summed E-state index contributed by atoms with van der Waals surface area (Å²) in [7, 11) is 0. The molecule has 29 heavy (non-hydrogen) atoms. The van der Waals surface area contributed by atoms with Crippen molar-refractivity contribution in [2.45, 2.75) is 32.5 Å². The molecule has 0 saturated heterocycles. The molecule has 2 aromatic rings. The molecule has 0 bridgehead atoms. The smallest absolute Gasteiger partial charge is 0.416 e. The molecule has 1 aromatic carbocycles. The first-order chi connectivity index (χ1) is 13.6. The topological polar surface area (TPSA) is 90.9 Å². The molecule has 1 aromatic heterocycles. The first-order valence-electron chi connectivity index (χ1n) is 8.63. The molecule has 2 N–H and O–H groups in total. The standard InChI is InChI=1S/C20H17F3N4O2/c1-11-14(9-24)17(13-5-3-4-6-15(13)20(21,22)23)18(19(28)29)16(26-11)10-27-8-7-25-12(27)2/h3-8,17,26H,10H2,1-2H3,(H,28,29). The highest BCUT2D eigenvalue weighted by Crippen LogP contribution is 2.43. The number of carbonyl (C=O) groups is 1. The fraction of sp³-hybridized carbons (Fsp3) is 0.250. The lowest BCUT2D eigenvalue weighted by Crippen LogP contribution is -2.32. The molecular formula is C20H17F3N4O2. The van der Waals surface area contributed by atoms with E-state index in [-0.39, 0.29) is 29.0 Å². The molecule has 0 fully saturated rings. The monoisotopic (exact) mass is 402 g/mol. The fourth-order valence-corrected chi connectivity index (χ4v) is 3.48. The normalized spacial score (nSPS) is 17.2. The second-order valence-electron chi connectivity index (χ2n) is 6.59. The first kappa shape index (κ1) is 20.2. The first-order valence-corrected chi connectivity index (χ1v) is 8.63. The van der Waals surface area contributed by atoms with E-state index in [1.165, 1.54) is 18.2 Å². The number of nitriles is 1. The van der Waals surface area contributed by atoms with Crippen molar-refractivity contribution in [2.24, 2.45) is 0 Å². The molecule has 2 heterocycles. The maximum Gasteiger partial charge on any atom is 0.416 e. The minimum Gasteiger partial charge on any atom is -0.478 e. The third-order valence-electron chi connectivity index (χ3n) is 4.83. The predicted molar refractivity (Wildman–Crippen MR) is 97.3 cm³/mol. The van der Waals surface area contributed by atoms with E-state index in [4.69, 9.17) is 0 Å². The number of carboxylic acid groups (broad SMARTS) is 1. The Kier molecular flexibility index (Phi) is 5.20. The molecule has 150 valence electrons. The second kappa shape index (κ2) is 7.47. The molecule has 0 radical (unpaired) electrons. The Morgan fingerprint density at radius 1 is 1.34 bits per heavy atom. The number of hydrogen-bond acceptors (Lipinski definition) is 4. The third kappa shape index (κ3) is 3.74. The number of aliphatic carboxylic acids is 1. The van der Waals surface area contributed by atoms with Gasteiger partial charge in [0.15, 0.2) is 0 Å². The molecule has 1 unspecified atom stereocenters. The van der Waals surface area contributed by atoms with Crippen molar-refractivity contribution >= 4 is 5.97 Å². The van der Waals surface area contributed by atoms with Crippen LogP contribution in [0.2, 0.25) is 0 Å². The number of carboxylic acids is 1.